The van der Waals surface area contributed by atoms with Crippen molar-refractivity contribution in [3.8, 4) is 0 Å². The van der Waals surface area contributed by atoms with Crippen LogP contribution in [0.4, 0.5) is 0 Å². The Hall–Kier alpha value is -1.63. The van der Waals surface area contributed by atoms with Gasteiger partial charge in [0.25, 0.3) is 0 Å². The smallest absolute Gasteiger partial charge is 0.143 e. The molecular weight excluding hydrogens is 220 g/mol. The lowest BCUT2D eigenvalue weighted by Crippen LogP contribution is -1.73. The number of hydrogen-bond acceptors (Lipinski definition) is 1. The number of carbonyl (C=O) groups is 1. The zero-order valence-electron chi connectivity index (χ0n) is 11.9. The van der Waals surface area contributed by atoms with Crippen molar-refractivity contribution in [2.24, 2.45) is 0 Å². The van der Waals surface area contributed by atoms with Crippen LogP contribution in [0.3, 0.4) is 0 Å². The maximum atomic E-state index is 10.2. The highest BCUT2D eigenvalue weighted by Gasteiger charge is 1.84. The first-order valence-corrected chi connectivity index (χ1v) is 6.41. The highest BCUT2D eigenvalue weighted by molar-refractivity contribution is 5.66. The van der Waals surface area contributed by atoms with Gasteiger partial charge in [0.15, 0.2) is 0 Å². The Morgan fingerprint density at radius 1 is 0.889 bits per heavy atom. The predicted molar refractivity (Wildman–Crippen MR) is 80.5 cm³/mol. The lowest BCUT2D eigenvalue weighted by Gasteiger charge is -1.93. The minimum absolute atomic E-state index is 0.803. The molecule has 0 saturated carbocycles. The second kappa shape index (κ2) is 10.5. The summed E-state index contributed by atoms with van der Waals surface area (Å²) in [6.07, 6.45) is 16.9. The van der Waals surface area contributed by atoms with Crippen LogP contribution in [0.1, 0.15) is 40.5 Å². The molecule has 0 fully saturated rings. The van der Waals surface area contributed by atoms with E-state index in [1.807, 2.05) is 25.2 Å². The van der Waals surface area contributed by atoms with Gasteiger partial charge in [0.05, 0.1) is 0 Å². The Kier molecular flexibility index (Phi) is 9.57. The van der Waals surface area contributed by atoms with Crippen molar-refractivity contribution in [3.63, 3.8) is 0 Å². The van der Waals surface area contributed by atoms with E-state index in [-0.39, 0.29) is 0 Å². The van der Waals surface area contributed by atoms with Gasteiger partial charge in [-0.25, -0.2) is 0 Å². The molecule has 0 rings (SSSR count). The summed E-state index contributed by atoms with van der Waals surface area (Å²) in [6, 6.07) is 0. The second-order valence-electron chi connectivity index (χ2n) is 4.44. The Labute approximate surface area is 111 Å². The van der Waals surface area contributed by atoms with E-state index in [1.54, 1.807) is 6.08 Å². The summed E-state index contributed by atoms with van der Waals surface area (Å²) >= 11 is 0. The molecule has 0 aromatic heterocycles. The predicted octanol–water partition coefficient (Wildman–Crippen LogP) is 4.94. The van der Waals surface area contributed by atoms with Crippen molar-refractivity contribution >= 4 is 6.29 Å². The summed E-state index contributed by atoms with van der Waals surface area (Å²) in [4.78, 5) is 10.2. The molecule has 0 N–H and O–H groups in total. The van der Waals surface area contributed by atoms with E-state index >= 15 is 0 Å². The van der Waals surface area contributed by atoms with E-state index in [4.69, 9.17) is 0 Å². The normalized spacial score (nSPS) is 14.8. The number of hydrogen-bond donors (Lipinski definition) is 0. The van der Waals surface area contributed by atoms with Crippen molar-refractivity contribution in [2.75, 3.05) is 0 Å². The standard InChI is InChI=1S/C17H24O/c1-5-8-15(2)9-6-10-16(3)11-7-12-17(4)13-14-18/h6-7,9-14H,5,8H2,1-4H3/b10-6+,12-7+,15-9+,16-11+,17-13?. The van der Waals surface area contributed by atoms with Gasteiger partial charge >= 0.3 is 0 Å². The van der Waals surface area contributed by atoms with E-state index < -0.39 is 0 Å². The zero-order valence-corrected chi connectivity index (χ0v) is 11.9. The summed E-state index contributed by atoms with van der Waals surface area (Å²) in [5.74, 6) is 0. The highest BCUT2D eigenvalue weighted by Crippen LogP contribution is 2.04. The Morgan fingerprint density at radius 3 is 2.00 bits per heavy atom. The van der Waals surface area contributed by atoms with Gasteiger partial charge in [0.2, 0.25) is 0 Å². The first-order chi connectivity index (χ1) is 8.60. The maximum absolute atomic E-state index is 10.2. The molecule has 0 aliphatic rings. The van der Waals surface area contributed by atoms with E-state index in [9.17, 15) is 4.79 Å². The molecule has 0 amide bonds. The molecule has 0 bridgehead atoms. The molecule has 0 aliphatic carbocycles. The highest BCUT2D eigenvalue weighted by atomic mass is 16.1. The van der Waals surface area contributed by atoms with E-state index in [1.165, 1.54) is 17.6 Å². The van der Waals surface area contributed by atoms with E-state index in [2.05, 4.69) is 39.0 Å². The lowest BCUT2D eigenvalue weighted by molar-refractivity contribution is -0.104. The van der Waals surface area contributed by atoms with Crippen molar-refractivity contribution in [1.29, 1.82) is 0 Å². The molecule has 0 saturated heterocycles. The molecule has 0 atom stereocenters. The van der Waals surface area contributed by atoms with Gasteiger partial charge in [-0.1, -0.05) is 60.9 Å². The van der Waals surface area contributed by atoms with Crippen molar-refractivity contribution < 1.29 is 4.79 Å². The topological polar surface area (TPSA) is 17.1 Å². The van der Waals surface area contributed by atoms with Crippen molar-refractivity contribution in [2.45, 2.75) is 40.5 Å². The Morgan fingerprint density at radius 2 is 1.44 bits per heavy atom. The Balaban J connectivity index is 4.36. The molecule has 0 heterocycles. The van der Waals surface area contributed by atoms with Crippen LogP contribution in [-0.4, -0.2) is 6.29 Å². The average Bonchev–Trinajstić information content (AvgIpc) is 2.29. The lowest BCUT2D eigenvalue weighted by atomic mass is 10.1. The van der Waals surface area contributed by atoms with Crippen LogP contribution in [0.5, 0.6) is 0 Å². The summed E-state index contributed by atoms with van der Waals surface area (Å²) in [7, 11) is 0. The van der Waals surface area contributed by atoms with Gasteiger partial charge < -0.3 is 0 Å². The monoisotopic (exact) mass is 244 g/mol. The van der Waals surface area contributed by atoms with Crippen LogP contribution >= 0.6 is 0 Å². The molecule has 0 radical (unpaired) electrons. The van der Waals surface area contributed by atoms with Crippen LogP contribution < -0.4 is 0 Å². The van der Waals surface area contributed by atoms with Crippen LogP contribution in [0, 0.1) is 0 Å². The molecule has 0 aromatic rings. The molecule has 0 aromatic carbocycles. The molecule has 18 heavy (non-hydrogen) atoms. The first-order valence-electron chi connectivity index (χ1n) is 6.41. The molecule has 98 valence electrons. The van der Waals surface area contributed by atoms with Crippen molar-refractivity contribution in [1.82, 2.24) is 0 Å². The largest absolute Gasteiger partial charge is 0.299 e. The third kappa shape index (κ3) is 9.59. The molecule has 0 spiro atoms. The molecule has 0 unspecified atom stereocenters. The number of rotatable bonds is 7. The number of aldehydes is 1. The zero-order chi connectivity index (χ0) is 13.8. The summed E-state index contributed by atoms with van der Waals surface area (Å²) < 4.78 is 0. The van der Waals surface area contributed by atoms with Gasteiger partial charge in [-0.15, -0.1) is 0 Å². The summed E-state index contributed by atoms with van der Waals surface area (Å²) in [5.41, 5.74) is 3.55. The minimum Gasteiger partial charge on any atom is -0.299 e. The van der Waals surface area contributed by atoms with Gasteiger partial charge in [0.1, 0.15) is 6.29 Å². The van der Waals surface area contributed by atoms with Gasteiger partial charge in [-0.3, -0.25) is 4.79 Å². The SMILES string of the molecule is CCC/C(C)=C/C=C/C(C)=C/C=C/C(C)=CC=O. The minimum atomic E-state index is 0.803. The van der Waals surface area contributed by atoms with Gasteiger partial charge in [-0.05, 0) is 38.8 Å². The van der Waals surface area contributed by atoms with Gasteiger partial charge in [0, 0.05) is 0 Å². The molecular formula is C17H24O. The van der Waals surface area contributed by atoms with Crippen LogP contribution in [0.2, 0.25) is 0 Å². The fraction of sp³-hybridized carbons (Fsp3) is 0.353. The Bertz CT molecular complexity index is 390. The molecule has 0 aliphatic heterocycles. The first kappa shape index (κ1) is 16.4. The van der Waals surface area contributed by atoms with Crippen LogP contribution in [-0.2, 0) is 4.79 Å². The number of allylic oxidation sites excluding steroid dienone is 10. The third-order valence-corrected chi connectivity index (χ3v) is 2.43. The average molecular weight is 244 g/mol. The second-order valence-corrected chi connectivity index (χ2v) is 4.44. The van der Waals surface area contributed by atoms with Crippen LogP contribution in [0.15, 0.2) is 59.3 Å². The molecule has 1 heteroatoms. The van der Waals surface area contributed by atoms with Crippen LogP contribution in [0.25, 0.3) is 0 Å². The summed E-state index contributed by atoms with van der Waals surface area (Å²) in [6.45, 7) is 8.30. The quantitative estimate of drug-likeness (QED) is 0.352. The van der Waals surface area contributed by atoms with E-state index in [0.29, 0.717) is 0 Å². The fourth-order valence-corrected chi connectivity index (χ4v) is 1.41. The summed E-state index contributed by atoms with van der Waals surface area (Å²) in [5, 5.41) is 0. The third-order valence-electron chi connectivity index (χ3n) is 2.43. The fourth-order valence-electron chi connectivity index (χ4n) is 1.41. The van der Waals surface area contributed by atoms with Crippen molar-refractivity contribution in [3.05, 3.63) is 59.3 Å². The van der Waals surface area contributed by atoms with Gasteiger partial charge in [-0.2, -0.15) is 0 Å². The maximum Gasteiger partial charge on any atom is 0.143 e. The van der Waals surface area contributed by atoms with E-state index in [0.717, 1.165) is 18.3 Å². The molecule has 1 nitrogen and oxygen atoms in total. The number of carbonyl (C=O) groups excluding carboxylic acids is 1.